The smallest absolute Gasteiger partial charge is 0.253 e. The van der Waals surface area contributed by atoms with E-state index in [0.717, 1.165) is 18.0 Å². The molecule has 2 aliphatic rings. The molecule has 0 spiro atoms. The van der Waals surface area contributed by atoms with E-state index < -0.39 is 0 Å². The Morgan fingerprint density at radius 2 is 2.17 bits per heavy atom. The highest BCUT2D eigenvalue weighted by Crippen LogP contribution is 2.60. The lowest BCUT2D eigenvalue weighted by atomic mass is 10.00. The van der Waals surface area contributed by atoms with E-state index in [1.54, 1.807) is 6.07 Å². The minimum atomic E-state index is -0.0162. The minimum Gasteiger partial charge on any atom is -0.398 e. The summed E-state index contributed by atoms with van der Waals surface area (Å²) in [7, 11) is 0. The SMILES string of the molecule is Cc1cccc(N)c1C(=O)NCC1(C2CC2)CC1. The van der Waals surface area contributed by atoms with Gasteiger partial charge in [0.05, 0.1) is 5.56 Å². The zero-order valence-corrected chi connectivity index (χ0v) is 10.8. The first-order valence-corrected chi connectivity index (χ1v) is 6.76. The molecule has 0 saturated heterocycles. The van der Waals surface area contributed by atoms with Crippen molar-refractivity contribution in [2.45, 2.75) is 32.6 Å². The van der Waals surface area contributed by atoms with Crippen LogP contribution in [0.1, 0.15) is 41.6 Å². The molecule has 0 aliphatic heterocycles. The Bertz CT molecular complexity index is 467. The summed E-state index contributed by atoms with van der Waals surface area (Å²) < 4.78 is 0. The monoisotopic (exact) mass is 244 g/mol. The van der Waals surface area contributed by atoms with Gasteiger partial charge < -0.3 is 11.1 Å². The standard InChI is InChI=1S/C15H20N2O/c1-10-3-2-4-12(16)13(10)14(18)17-9-15(7-8-15)11-5-6-11/h2-4,11H,5-9,16H2,1H3,(H,17,18). The fourth-order valence-electron chi connectivity index (χ4n) is 2.93. The highest BCUT2D eigenvalue weighted by Gasteiger charge is 2.53. The van der Waals surface area contributed by atoms with Gasteiger partial charge in [0.1, 0.15) is 0 Å². The molecule has 2 aliphatic carbocycles. The molecule has 3 rings (SSSR count). The first kappa shape index (κ1) is 11.6. The second kappa shape index (κ2) is 4.01. The quantitative estimate of drug-likeness (QED) is 0.799. The number of hydrogen-bond donors (Lipinski definition) is 2. The van der Waals surface area contributed by atoms with Crippen LogP contribution in [0.25, 0.3) is 0 Å². The maximum Gasteiger partial charge on any atom is 0.253 e. The Hall–Kier alpha value is -1.51. The highest BCUT2D eigenvalue weighted by molar-refractivity contribution is 6.00. The average molecular weight is 244 g/mol. The topological polar surface area (TPSA) is 55.1 Å². The Labute approximate surface area is 108 Å². The Morgan fingerprint density at radius 1 is 1.44 bits per heavy atom. The summed E-state index contributed by atoms with van der Waals surface area (Å²) in [6.45, 7) is 2.75. The van der Waals surface area contributed by atoms with Gasteiger partial charge in [-0.2, -0.15) is 0 Å². The van der Waals surface area contributed by atoms with E-state index in [1.807, 2.05) is 19.1 Å². The molecular weight excluding hydrogens is 224 g/mol. The van der Waals surface area contributed by atoms with Gasteiger partial charge in [-0.3, -0.25) is 4.79 Å². The lowest BCUT2D eigenvalue weighted by Crippen LogP contribution is -2.32. The van der Waals surface area contributed by atoms with Crippen LogP contribution < -0.4 is 11.1 Å². The summed E-state index contributed by atoms with van der Waals surface area (Å²) in [4.78, 5) is 12.2. The van der Waals surface area contributed by atoms with Crippen molar-refractivity contribution in [1.82, 2.24) is 5.32 Å². The predicted molar refractivity (Wildman–Crippen MR) is 72.3 cm³/mol. The second-order valence-electron chi connectivity index (χ2n) is 5.86. The minimum absolute atomic E-state index is 0.0162. The van der Waals surface area contributed by atoms with Crippen LogP contribution in [0.15, 0.2) is 18.2 Å². The highest BCUT2D eigenvalue weighted by atomic mass is 16.1. The molecular formula is C15H20N2O. The molecule has 0 unspecified atom stereocenters. The third-order valence-electron chi connectivity index (χ3n) is 4.47. The van der Waals surface area contributed by atoms with Gasteiger partial charge in [-0.05, 0) is 55.6 Å². The molecule has 0 atom stereocenters. The zero-order valence-electron chi connectivity index (χ0n) is 10.8. The lowest BCUT2D eigenvalue weighted by Gasteiger charge is -2.16. The van der Waals surface area contributed by atoms with Crippen LogP contribution in [-0.4, -0.2) is 12.5 Å². The maximum absolute atomic E-state index is 12.2. The Kier molecular flexibility index (Phi) is 2.58. The van der Waals surface area contributed by atoms with Gasteiger partial charge in [-0.1, -0.05) is 12.1 Å². The van der Waals surface area contributed by atoms with Gasteiger partial charge in [-0.15, -0.1) is 0 Å². The van der Waals surface area contributed by atoms with E-state index in [9.17, 15) is 4.79 Å². The molecule has 1 aromatic rings. The van der Waals surface area contributed by atoms with Crippen molar-refractivity contribution in [3.63, 3.8) is 0 Å². The molecule has 3 N–H and O–H groups in total. The molecule has 3 heteroatoms. The first-order valence-electron chi connectivity index (χ1n) is 6.76. The van der Waals surface area contributed by atoms with Crippen LogP contribution in [0, 0.1) is 18.3 Å². The number of carbonyl (C=O) groups is 1. The molecule has 3 nitrogen and oxygen atoms in total. The van der Waals surface area contributed by atoms with Crippen LogP contribution >= 0.6 is 0 Å². The van der Waals surface area contributed by atoms with Gasteiger partial charge in [0.2, 0.25) is 0 Å². The number of aryl methyl sites for hydroxylation is 1. The molecule has 0 radical (unpaired) electrons. The predicted octanol–water partition coefficient (Wildman–Crippen LogP) is 2.50. The van der Waals surface area contributed by atoms with Crippen molar-refractivity contribution < 1.29 is 4.79 Å². The third-order valence-corrected chi connectivity index (χ3v) is 4.47. The Balaban J connectivity index is 1.68. The number of nitrogens with two attached hydrogens (primary N) is 1. The summed E-state index contributed by atoms with van der Waals surface area (Å²) in [5.41, 5.74) is 8.49. The molecule has 96 valence electrons. The van der Waals surface area contributed by atoms with Crippen molar-refractivity contribution in [3.05, 3.63) is 29.3 Å². The lowest BCUT2D eigenvalue weighted by molar-refractivity contribution is 0.0943. The van der Waals surface area contributed by atoms with Crippen LogP contribution in [-0.2, 0) is 0 Å². The van der Waals surface area contributed by atoms with Crippen LogP contribution in [0.2, 0.25) is 0 Å². The molecule has 0 aromatic heterocycles. The summed E-state index contributed by atoms with van der Waals surface area (Å²) in [6, 6.07) is 5.60. The first-order chi connectivity index (χ1) is 8.62. The molecule has 0 heterocycles. The summed E-state index contributed by atoms with van der Waals surface area (Å²) in [5, 5.41) is 3.09. The largest absolute Gasteiger partial charge is 0.398 e. The van der Waals surface area contributed by atoms with Crippen molar-refractivity contribution in [2.75, 3.05) is 12.3 Å². The van der Waals surface area contributed by atoms with E-state index in [-0.39, 0.29) is 5.91 Å². The second-order valence-corrected chi connectivity index (χ2v) is 5.86. The van der Waals surface area contributed by atoms with Crippen LogP contribution in [0.4, 0.5) is 5.69 Å². The van der Waals surface area contributed by atoms with Gasteiger partial charge in [0, 0.05) is 12.2 Å². The molecule has 0 bridgehead atoms. The zero-order chi connectivity index (χ0) is 12.8. The fourth-order valence-corrected chi connectivity index (χ4v) is 2.93. The van der Waals surface area contributed by atoms with Gasteiger partial charge in [0.25, 0.3) is 5.91 Å². The molecule has 1 amide bonds. The molecule has 2 fully saturated rings. The normalized spacial score (nSPS) is 20.5. The summed E-state index contributed by atoms with van der Waals surface area (Å²) in [5.74, 6) is 0.851. The van der Waals surface area contributed by atoms with Crippen LogP contribution in [0.3, 0.4) is 0 Å². The number of nitrogen functional groups attached to an aromatic ring is 1. The number of hydrogen-bond acceptors (Lipinski definition) is 2. The van der Waals surface area contributed by atoms with Crippen LogP contribution in [0.5, 0.6) is 0 Å². The molecule has 18 heavy (non-hydrogen) atoms. The van der Waals surface area contributed by atoms with E-state index >= 15 is 0 Å². The van der Waals surface area contributed by atoms with Gasteiger partial charge in [-0.25, -0.2) is 0 Å². The van der Waals surface area contributed by atoms with Crippen molar-refractivity contribution >= 4 is 11.6 Å². The number of nitrogens with one attached hydrogen (secondary N) is 1. The van der Waals surface area contributed by atoms with E-state index in [2.05, 4.69) is 5.32 Å². The van der Waals surface area contributed by atoms with Gasteiger partial charge >= 0.3 is 0 Å². The van der Waals surface area contributed by atoms with Crippen molar-refractivity contribution in [3.8, 4) is 0 Å². The maximum atomic E-state index is 12.2. The number of carbonyl (C=O) groups excluding carboxylic acids is 1. The third kappa shape index (κ3) is 1.98. The summed E-state index contributed by atoms with van der Waals surface area (Å²) in [6.07, 6.45) is 5.26. The van der Waals surface area contributed by atoms with Crippen molar-refractivity contribution in [1.29, 1.82) is 0 Å². The number of amides is 1. The molecule has 1 aromatic carbocycles. The van der Waals surface area contributed by atoms with E-state index in [0.29, 0.717) is 16.7 Å². The van der Waals surface area contributed by atoms with E-state index in [1.165, 1.54) is 25.7 Å². The fraction of sp³-hybridized carbons (Fsp3) is 0.533. The van der Waals surface area contributed by atoms with Gasteiger partial charge in [0.15, 0.2) is 0 Å². The number of anilines is 1. The average Bonchev–Trinajstić information content (AvgIpc) is 3.18. The van der Waals surface area contributed by atoms with E-state index in [4.69, 9.17) is 5.73 Å². The molecule has 2 saturated carbocycles. The number of benzene rings is 1. The van der Waals surface area contributed by atoms with Crippen molar-refractivity contribution in [2.24, 2.45) is 11.3 Å². The Morgan fingerprint density at radius 3 is 2.72 bits per heavy atom. The summed E-state index contributed by atoms with van der Waals surface area (Å²) >= 11 is 0. The number of rotatable bonds is 4.